The highest BCUT2D eigenvalue weighted by Gasteiger charge is 2.16. The van der Waals surface area contributed by atoms with Crippen molar-refractivity contribution in [2.75, 3.05) is 14.2 Å². The predicted octanol–water partition coefficient (Wildman–Crippen LogP) is 3.40. The van der Waals surface area contributed by atoms with Crippen LogP contribution in [-0.4, -0.2) is 26.4 Å². The number of benzene rings is 2. The Bertz CT molecular complexity index is 723. The molecule has 0 aromatic heterocycles. The van der Waals surface area contributed by atoms with Gasteiger partial charge in [0.05, 0.1) is 26.7 Å². The number of ether oxygens (including phenoxy) is 2. The van der Waals surface area contributed by atoms with Crippen molar-refractivity contribution in [2.45, 2.75) is 6.61 Å². The van der Waals surface area contributed by atoms with E-state index in [9.17, 15) is 4.79 Å². The van der Waals surface area contributed by atoms with Crippen molar-refractivity contribution < 1.29 is 19.1 Å². The van der Waals surface area contributed by atoms with Crippen LogP contribution in [0.3, 0.4) is 0 Å². The third-order valence-corrected chi connectivity index (χ3v) is 3.24. The zero-order valence-corrected chi connectivity index (χ0v) is 13.6. The number of carbonyl (C=O) groups is 1. The molecule has 0 aliphatic carbocycles. The van der Waals surface area contributed by atoms with E-state index >= 15 is 0 Å². The summed E-state index contributed by atoms with van der Waals surface area (Å²) in [6.45, 7) is 0.220. The maximum absolute atomic E-state index is 11.9. The van der Waals surface area contributed by atoms with Crippen LogP contribution in [0.5, 0.6) is 0 Å². The first-order chi connectivity index (χ1) is 11.8. The highest BCUT2D eigenvalue weighted by molar-refractivity contribution is 6.16. The maximum atomic E-state index is 11.9. The van der Waals surface area contributed by atoms with E-state index in [4.69, 9.17) is 14.3 Å². The Morgan fingerprint density at radius 1 is 1.04 bits per heavy atom. The van der Waals surface area contributed by atoms with Crippen molar-refractivity contribution in [1.29, 1.82) is 0 Å². The maximum Gasteiger partial charge on any atom is 0.341 e. The molecule has 0 heterocycles. The first kappa shape index (κ1) is 17.3. The molecule has 24 heavy (non-hydrogen) atoms. The van der Waals surface area contributed by atoms with E-state index < -0.39 is 5.97 Å². The second kappa shape index (κ2) is 9.15. The van der Waals surface area contributed by atoms with Crippen molar-refractivity contribution >= 4 is 17.8 Å². The molecule has 0 atom stereocenters. The van der Waals surface area contributed by atoms with E-state index in [0.29, 0.717) is 11.1 Å². The lowest BCUT2D eigenvalue weighted by molar-refractivity contribution is -0.133. The number of hydrogen-bond acceptors (Lipinski definition) is 5. The van der Waals surface area contributed by atoms with Crippen LogP contribution in [0.1, 0.15) is 16.7 Å². The predicted molar refractivity (Wildman–Crippen MR) is 92.3 cm³/mol. The molecule has 5 nitrogen and oxygen atoms in total. The number of hydrogen-bond donors (Lipinski definition) is 0. The summed E-state index contributed by atoms with van der Waals surface area (Å²) >= 11 is 0. The van der Waals surface area contributed by atoms with E-state index in [2.05, 4.69) is 5.16 Å². The lowest BCUT2D eigenvalue weighted by Gasteiger charge is -2.10. The minimum atomic E-state index is -0.475. The topological polar surface area (TPSA) is 57.1 Å². The van der Waals surface area contributed by atoms with Gasteiger partial charge in [-0.3, -0.25) is 0 Å². The van der Waals surface area contributed by atoms with Crippen LogP contribution in [0.25, 0.3) is 5.57 Å². The van der Waals surface area contributed by atoms with Gasteiger partial charge in [0.25, 0.3) is 0 Å². The van der Waals surface area contributed by atoms with E-state index in [0.717, 1.165) is 11.1 Å². The van der Waals surface area contributed by atoms with Gasteiger partial charge in [0.15, 0.2) is 0 Å². The van der Waals surface area contributed by atoms with Crippen LogP contribution in [-0.2, 0) is 25.7 Å². The van der Waals surface area contributed by atoms with Gasteiger partial charge in [0.2, 0.25) is 0 Å². The highest BCUT2D eigenvalue weighted by Crippen LogP contribution is 2.21. The van der Waals surface area contributed by atoms with E-state index in [1.165, 1.54) is 20.5 Å². The van der Waals surface area contributed by atoms with Gasteiger partial charge in [0.1, 0.15) is 12.2 Å². The summed E-state index contributed by atoms with van der Waals surface area (Å²) < 4.78 is 9.79. The van der Waals surface area contributed by atoms with Crippen molar-refractivity contribution in [3.05, 3.63) is 77.5 Å². The van der Waals surface area contributed by atoms with Gasteiger partial charge in [-0.15, -0.1) is 0 Å². The van der Waals surface area contributed by atoms with Crippen molar-refractivity contribution in [1.82, 2.24) is 0 Å². The summed E-state index contributed by atoms with van der Waals surface area (Å²) in [4.78, 5) is 17.3. The Labute approximate surface area is 141 Å². The third-order valence-electron chi connectivity index (χ3n) is 3.24. The van der Waals surface area contributed by atoms with Crippen LogP contribution < -0.4 is 0 Å². The molecule has 0 fully saturated rings. The van der Waals surface area contributed by atoms with Crippen molar-refractivity contribution in [2.24, 2.45) is 5.16 Å². The second-order valence-electron chi connectivity index (χ2n) is 4.83. The summed E-state index contributed by atoms with van der Waals surface area (Å²) in [5.41, 5.74) is 2.75. The molecule has 0 saturated carbocycles. The Hall–Kier alpha value is -3.08. The van der Waals surface area contributed by atoms with E-state index in [1.54, 1.807) is 12.3 Å². The highest BCUT2D eigenvalue weighted by atomic mass is 16.6. The van der Waals surface area contributed by atoms with E-state index in [1.807, 2.05) is 48.5 Å². The molecule has 0 unspecified atom stereocenters. The first-order valence-electron chi connectivity index (χ1n) is 7.36. The van der Waals surface area contributed by atoms with Crippen LogP contribution in [0.4, 0.5) is 0 Å². The molecule has 124 valence electrons. The van der Waals surface area contributed by atoms with Crippen LogP contribution in [0, 0.1) is 0 Å². The number of methoxy groups -OCH3 is 2. The van der Waals surface area contributed by atoms with Crippen molar-refractivity contribution in [3.63, 3.8) is 0 Å². The van der Waals surface area contributed by atoms with Gasteiger partial charge in [-0.2, -0.15) is 0 Å². The first-order valence-corrected chi connectivity index (χ1v) is 7.36. The van der Waals surface area contributed by atoms with Crippen LogP contribution >= 0.6 is 0 Å². The Balaban J connectivity index is 2.12. The lowest BCUT2D eigenvalue weighted by Crippen LogP contribution is -2.07. The largest absolute Gasteiger partial charge is 0.503 e. The second-order valence-corrected chi connectivity index (χ2v) is 4.83. The molecule has 0 saturated heterocycles. The molecule has 2 rings (SSSR count). The number of carbonyl (C=O) groups excluding carboxylic acids is 1. The zero-order chi connectivity index (χ0) is 17.2. The zero-order valence-electron chi connectivity index (χ0n) is 13.6. The smallest absolute Gasteiger partial charge is 0.341 e. The molecule has 0 amide bonds. The van der Waals surface area contributed by atoms with Crippen molar-refractivity contribution in [3.8, 4) is 0 Å². The molecular formula is C19H19NO4. The molecule has 0 N–H and O–H groups in total. The van der Waals surface area contributed by atoms with Gasteiger partial charge >= 0.3 is 5.97 Å². The summed E-state index contributed by atoms with van der Waals surface area (Å²) in [6.07, 6.45) is 2.99. The van der Waals surface area contributed by atoms with Crippen LogP contribution in [0.2, 0.25) is 0 Å². The Morgan fingerprint density at radius 3 is 2.46 bits per heavy atom. The van der Waals surface area contributed by atoms with Gasteiger partial charge in [-0.1, -0.05) is 59.8 Å². The van der Waals surface area contributed by atoms with Gasteiger partial charge in [-0.25, -0.2) is 4.79 Å². The molecule has 0 aliphatic rings. The minimum absolute atomic E-state index is 0.220. The number of rotatable bonds is 7. The summed E-state index contributed by atoms with van der Waals surface area (Å²) in [5, 5.41) is 3.96. The SMILES string of the molecule is CO/C=C(\C(=O)OC)c1ccccc1CO/N=C/c1ccccc1. The monoisotopic (exact) mass is 325 g/mol. The number of oxime groups is 1. The molecule has 0 bridgehead atoms. The quantitative estimate of drug-likeness (QED) is 0.257. The molecule has 0 radical (unpaired) electrons. The summed E-state index contributed by atoms with van der Waals surface area (Å²) in [6, 6.07) is 17.0. The molecule has 0 aliphatic heterocycles. The normalized spacial score (nSPS) is 11.3. The van der Waals surface area contributed by atoms with Gasteiger partial charge in [0, 0.05) is 5.56 Å². The standard InChI is InChI=1S/C19H19NO4/c1-22-14-18(19(21)23-2)17-11-7-6-10-16(17)13-24-20-12-15-8-4-3-5-9-15/h3-12,14H,13H2,1-2H3/b18-14-,20-12+. The summed E-state index contributed by atoms with van der Waals surface area (Å²) in [7, 11) is 2.81. The number of esters is 1. The fraction of sp³-hybridized carbons (Fsp3) is 0.158. The Morgan fingerprint density at radius 2 is 1.75 bits per heavy atom. The average molecular weight is 325 g/mol. The molecule has 5 heteroatoms. The minimum Gasteiger partial charge on any atom is -0.503 e. The lowest BCUT2D eigenvalue weighted by atomic mass is 10.0. The molecular weight excluding hydrogens is 306 g/mol. The summed E-state index contributed by atoms with van der Waals surface area (Å²) in [5.74, 6) is -0.475. The van der Waals surface area contributed by atoms with E-state index in [-0.39, 0.29) is 6.61 Å². The van der Waals surface area contributed by atoms with Gasteiger partial charge < -0.3 is 14.3 Å². The number of nitrogens with zero attached hydrogens (tertiary/aromatic N) is 1. The molecule has 0 spiro atoms. The van der Waals surface area contributed by atoms with Gasteiger partial charge in [-0.05, 0) is 11.1 Å². The Kier molecular flexibility index (Phi) is 6.58. The third kappa shape index (κ3) is 4.71. The fourth-order valence-electron chi connectivity index (χ4n) is 2.10. The van der Waals surface area contributed by atoms with Crippen LogP contribution in [0.15, 0.2) is 66.0 Å². The average Bonchev–Trinajstić information content (AvgIpc) is 2.64. The molecule has 2 aromatic carbocycles. The molecule has 2 aromatic rings. The fourth-order valence-corrected chi connectivity index (χ4v) is 2.10.